The number of aliphatic hydroxyl groups excluding tert-OH is 1. The number of amides is 1. The van der Waals surface area contributed by atoms with E-state index in [1.807, 2.05) is 21.1 Å². The zero-order valence-electron chi connectivity index (χ0n) is 45.3. The summed E-state index contributed by atoms with van der Waals surface area (Å²) in [6, 6.07) is -0.822. The van der Waals surface area contributed by atoms with Crippen molar-refractivity contribution in [3.63, 3.8) is 0 Å². The third-order valence-corrected chi connectivity index (χ3v) is 13.7. The standard InChI is InChI=1S/C59H111N2O6P/c1-6-8-10-12-14-16-18-20-22-24-26-27-28-29-30-31-32-33-35-36-38-40-42-44-46-48-50-52-58(62)57(56-67-68(64,65)66-55-54-61(3,4)5)60-59(63)53-51-49-47-45-43-41-39-37-34-25-23-21-19-17-15-13-11-9-7-2/h9,11,15,17,21,23,34,37,41,43,57-58,62H,6-8,10,12-14,16,18-20,22,24-33,35-36,38-40,42,44-56H2,1-5H3,(H-,60,63,64,65)/b11-9-,17-15-,23-21-,37-34-,43-41-. The van der Waals surface area contributed by atoms with Crippen molar-refractivity contribution in [2.24, 2.45) is 0 Å². The van der Waals surface area contributed by atoms with E-state index in [1.54, 1.807) is 0 Å². The molecule has 1 amide bonds. The second kappa shape index (κ2) is 50.2. The molecule has 68 heavy (non-hydrogen) atoms. The number of carbonyl (C=O) groups excluding carboxylic acids is 1. The molecule has 0 bridgehead atoms. The summed E-state index contributed by atoms with van der Waals surface area (Å²) >= 11 is 0. The first-order valence-corrected chi connectivity index (χ1v) is 30.1. The number of unbranched alkanes of at least 4 members (excludes halogenated alkanes) is 29. The number of hydrogen-bond donors (Lipinski definition) is 2. The molecule has 3 unspecified atom stereocenters. The Morgan fingerprint density at radius 3 is 1.29 bits per heavy atom. The van der Waals surface area contributed by atoms with Gasteiger partial charge in [-0.15, -0.1) is 0 Å². The number of nitrogens with one attached hydrogen (secondary N) is 1. The van der Waals surface area contributed by atoms with E-state index in [0.29, 0.717) is 23.9 Å². The Kier molecular flexibility index (Phi) is 48.8. The smallest absolute Gasteiger partial charge is 0.268 e. The maximum atomic E-state index is 13.0. The van der Waals surface area contributed by atoms with Crippen LogP contribution in [0.15, 0.2) is 60.8 Å². The van der Waals surface area contributed by atoms with Gasteiger partial charge in [0.25, 0.3) is 7.82 Å². The predicted molar refractivity (Wildman–Crippen MR) is 293 cm³/mol. The zero-order chi connectivity index (χ0) is 49.9. The monoisotopic (exact) mass is 975 g/mol. The van der Waals surface area contributed by atoms with Crippen LogP contribution in [0.3, 0.4) is 0 Å². The summed E-state index contributed by atoms with van der Waals surface area (Å²) in [6.45, 7) is 4.60. The SMILES string of the molecule is CC/C=C\C/C=C\C/C=C\C/C=C\C/C=C\CCCCCC(=O)NC(COP(=O)([O-])OCC[N+](C)(C)C)C(O)CCCCCCCCCCCCCCCCCCCCCCCCCCCCC. The fraction of sp³-hybridized carbons (Fsp3) is 0.814. The molecule has 0 saturated heterocycles. The fourth-order valence-corrected chi connectivity index (χ4v) is 9.03. The number of carbonyl (C=O) groups is 1. The Morgan fingerprint density at radius 1 is 0.529 bits per heavy atom. The average Bonchev–Trinajstić information content (AvgIpc) is 3.30. The van der Waals surface area contributed by atoms with Crippen molar-refractivity contribution in [2.75, 3.05) is 40.9 Å². The van der Waals surface area contributed by atoms with Gasteiger partial charge in [0, 0.05) is 6.42 Å². The molecule has 9 heteroatoms. The first-order valence-electron chi connectivity index (χ1n) is 28.6. The van der Waals surface area contributed by atoms with Gasteiger partial charge in [-0.1, -0.05) is 254 Å². The molecule has 398 valence electrons. The second-order valence-electron chi connectivity index (χ2n) is 20.6. The van der Waals surface area contributed by atoms with Crippen molar-refractivity contribution in [1.82, 2.24) is 5.32 Å². The topological polar surface area (TPSA) is 108 Å². The van der Waals surface area contributed by atoms with Crippen LogP contribution in [0.4, 0.5) is 0 Å². The van der Waals surface area contributed by atoms with E-state index >= 15 is 0 Å². The molecule has 0 aromatic heterocycles. The van der Waals surface area contributed by atoms with Gasteiger partial charge in [-0.25, -0.2) is 0 Å². The predicted octanol–water partition coefficient (Wildman–Crippen LogP) is 16.7. The summed E-state index contributed by atoms with van der Waals surface area (Å²) in [5, 5.41) is 14.0. The number of likely N-dealkylation sites (N-methyl/N-ethyl adjacent to an activating group) is 1. The lowest BCUT2D eigenvalue weighted by Crippen LogP contribution is -2.46. The fourth-order valence-electron chi connectivity index (χ4n) is 8.30. The van der Waals surface area contributed by atoms with Crippen LogP contribution >= 0.6 is 7.82 Å². The maximum Gasteiger partial charge on any atom is 0.268 e. The van der Waals surface area contributed by atoms with Gasteiger partial charge >= 0.3 is 0 Å². The van der Waals surface area contributed by atoms with E-state index in [1.165, 1.54) is 154 Å². The van der Waals surface area contributed by atoms with Crippen molar-refractivity contribution >= 4 is 13.7 Å². The molecule has 0 aliphatic heterocycles. The van der Waals surface area contributed by atoms with Gasteiger partial charge in [0.05, 0.1) is 39.9 Å². The van der Waals surface area contributed by atoms with Crippen molar-refractivity contribution in [2.45, 2.75) is 270 Å². The molecule has 0 radical (unpaired) electrons. The Hall–Kier alpha value is -1.80. The van der Waals surface area contributed by atoms with E-state index in [9.17, 15) is 19.4 Å². The number of rotatable bonds is 52. The number of phosphoric ester groups is 1. The van der Waals surface area contributed by atoms with Gasteiger partial charge < -0.3 is 28.8 Å². The minimum atomic E-state index is -4.59. The number of allylic oxidation sites excluding steroid dienone is 10. The van der Waals surface area contributed by atoms with Crippen LogP contribution in [0.5, 0.6) is 0 Å². The lowest BCUT2D eigenvalue weighted by molar-refractivity contribution is -0.870. The quantitative estimate of drug-likeness (QED) is 0.0272. The Balaban J connectivity index is 4.19. The van der Waals surface area contributed by atoms with Crippen LogP contribution in [-0.2, 0) is 18.4 Å². The molecule has 0 saturated carbocycles. The van der Waals surface area contributed by atoms with E-state index in [4.69, 9.17) is 9.05 Å². The zero-order valence-corrected chi connectivity index (χ0v) is 46.2. The molecule has 3 atom stereocenters. The van der Waals surface area contributed by atoms with E-state index in [2.05, 4.69) is 79.9 Å². The highest BCUT2D eigenvalue weighted by Crippen LogP contribution is 2.38. The molecule has 0 aromatic rings. The summed E-state index contributed by atoms with van der Waals surface area (Å²) in [7, 11) is 1.28. The number of aliphatic hydroxyl groups is 1. The van der Waals surface area contributed by atoms with Crippen LogP contribution in [-0.4, -0.2) is 68.5 Å². The third-order valence-electron chi connectivity index (χ3n) is 12.8. The number of nitrogens with zero attached hydrogens (tertiary/aromatic N) is 1. The molecule has 0 aliphatic carbocycles. The molecule has 0 heterocycles. The maximum absolute atomic E-state index is 13.0. The summed E-state index contributed by atoms with van der Waals surface area (Å²) < 4.78 is 23.4. The van der Waals surface area contributed by atoms with Crippen molar-refractivity contribution in [3.8, 4) is 0 Å². The third kappa shape index (κ3) is 52.0. The second-order valence-corrected chi connectivity index (χ2v) is 22.0. The Labute approximate surface area is 422 Å². The van der Waals surface area contributed by atoms with Gasteiger partial charge in [-0.3, -0.25) is 9.36 Å². The lowest BCUT2D eigenvalue weighted by atomic mass is 10.0. The van der Waals surface area contributed by atoms with Crippen LogP contribution in [0.25, 0.3) is 0 Å². The van der Waals surface area contributed by atoms with Crippen molar-refractivity contribution in [1.29, 1.82) is 0 Å². The largest absolute Gasteiger partial charge is 0.756 e. The van der Waals surface area contributed by atoms with Gasteiger partial charge in [-0.2, -0.15) is 0 Å². The average molecular weight is 976 g/mol. The molecule has 0 fully saturated rings. The molecule has 0 spiro atoms. The highest BCUT2D eigenvalue weighted by atomic mass is 31.2. The summed E-state index contributed by atoms with van der Waals surface area (Å²) in [5.41, 5.74) is 0. The van der Waals surface area contributed by atoms with Crippen LogP contribution in [0.2, 0.25) is 0 Å². The van der Waals surface area contributed by atoms with Gasteiger partial charge in [-0.05, 0) is 57.8 Å². The van der Waals surface area contributed by atoms with Gasteiger partial charge in [0.15, 0.2) is 0 Å². The first kappa shape index (κ1) is 66.2. The Bertz CT molecular complexity index is 1290. The molecule has 8 nitrogen and oxygen atoms in total. The van der Waals surface area contributed by atoms with E-state index in [-0.39, 0.29) is 19.1 Å². The van der Waals surface area contributed by atoms with Crippen molar-refractivity contribution in [3.05, 3.63) is 60.8 Å². The molecular formula is C59H111N2O6P. The molecule has 0 aromatic carbocycles. The van der Waals surface area contributed by atoms with E-state index < -0.39 is 20.0 Å². The molecule has 0 rings (SSSR count). The molecule has 0 aliphatic rings. The highest BCUT2D eigenvalue weighted by molar-refractivity contribution is 7.45. The molecule has 2 N–H and O–H groups in total. The minimum Gasteiger partial charge on any atom is -0.756 e. The highest BCUT2D eigenvalue weighted by Gasteiger charge is 2.24. The minimum absolute atomic E-state index is 0.00307. The number of quaternary nitrogens is 1. The molecular weight excluding hydrogens is 864 g/mol. The van der Waals surface area contributed by atoms with Gasteiger partial charge in [0.2, 0.25) is 5.91 Å². The summed E-state index contributed by atoms with van der Waals surface area (Å²) in [5.74, 6) is -0.195. The summed E-state index contributed by atoms with van der Waals surface area (Å²) in [6.07, 6.45) is 66.9. The summed E-state index contributed by atoms with van der Waals surface area (Å²) in [4.78, 5) is 25.5. The van der Waals surface area contributed by atoms with Crippen LogP contribution in [0.1, 0.15) is 258 Å². The lowest BCUT2D eigenvalue weighted by Gasteiger charge is -2.30. The Morgan fingerprint density at radius 2 is 0.897 bits per heavy atom. The first-order chi connectivity index (χ1) is 33.0. The number of hydrogen-bond acceptors (Lipinski definition) is 6. The van der Waals surface area contributed by atoms with Crippen LogP contribution in [0, 0.1) is 0 Å². The number of phosphoric acid groups is 1. The van der Waals surface area contributed by atoms with Crippen LogP contribution < -0.4 is 10.2 Å². The normalized spacial score (nSPS) is 14.4. The van der Waals surface area contributed by atoms with Gasteiger partial charge in [0.1, 0.15) is 13.2 Å². The van der Waals surface area contributed by atoms with Crippen molar-refractivity contribution < 1.29 is 32.9 Å². The van der Waals surface area contributed by atoms with E-state index in [0.717, 1.165) is 77.0 Å².